The van der Waals surface area contributed by atoms with Crippen molar-refractivity contribution in [3.05, 3.63) is 77.2 Å². The van der Waals surface area contributed by atoms with E-state index in [1.165, 1.54) is 29.2 Å². The van der Waals surface area contributed by atoms with Gasteiger partial charge in [-0.3, -0.25) is 9.69 Å². The quantitative estimate of drug-likeness (QED) is 0.801. The summed E-state index contributed by atoms with van der Waals surface area (Å²) in [4.78, 5) is 13.9. The number of benzene rings is 2. The van der Waals surface area contributed by atoms with Gasteiger partial charge in [0.25, 0.3) is 5.91 Å². The Labute approximate surface area is 121 Å². The molecular formula is C17H11FN2O. The molecule has 3 nitrogen and oxygen atoms in total. The topological polar surface area (TPSA) is 44.1 Å². The third-order valence-electron chi connectivity index (χ3n) is 3.43. The lowest BCUT2D eigenvalue weighted by Crippen LogP contribution is -2.31. The first-order chi connectivity index (χ1) is 10.2. The highest BCUT2D eigenvalue weighted by atomic mass is 19.1. The van der Waals surface area contributed by atoms with Gasteiger partial charge in [0.15, 0.2) is 0 Å². The molecule has 2 aromatic rings. The summed E-state index contributed by atoms with van der Waals surface area (Å²) >= 11 is 0. The van der Waals surface area contributed by atoms with Crippen LogP contribution in [0.5, 0.6) is 0 Å². The van der Waals surface area contributed by atoms with Crippen molar-refractivity contribution in [2.75, 3.05) is 0 Å². The summed E-state index contributed by atoms with van der Waals surface area (Å²) < 4.78 is 12.9. The maximum Gasteiger partial charge on any atom is 0.259 e. The number of nitriles is 1. The Bertz CT molecular complexity index is 759. The molecule has 102 valence electrons. The Morgan fingerprint density at radius 3 is 2.57 bits per heavy atom. The zero-order valence-electron chi connectivity index (χ0n) is 11.0. The van der Waals surface area contributed by atoms with Crippen molar-refractivity contribution < 1.29 is 9.18 Å². The van der Waals surface area contributed by atoms with E-state index in [1.807, 2.05) is 24.3 Å². The number of nitrogens with zero attached hydrogens (tertiary/aromatic N) is 2. The van der Waals surface area contributed by atoms with Gasteiger partial charge in [0.1, 0.15) is 11.9 Å². The lowest BCUT2D eigenvalue weighted by atomic mass is 9.96. The van der Waals surface area contributed by atoms with E-state index >= 15 is 0 Å². The summed E-state index contributed by atoms with van der Waals surface area (Å²) in [5.41, 5.74) is 2.06. The number of hydrogen-bond donors (Lipinski definition) is 0. The molecule has 4 heteroatoms. The van der Waals surface area contributed by atoms with Crippen molar-refractivity contribution in [2.45, 2.75) is 6.04 Å². The average Bonchev–Trinajstić information content (AvgIpc) is 2.53. The monoisotopic (exact) mass is 278 g/mol. The highest BCUT2D eigenvalue weighted by Gasteiger charge is 2.28. The maximum absolute atomic E-state index is 12.9. The number of carbonyl (C=O) groups excluding carboxylic acids is 1. The predicted molar refractivity (Wildman–Crippen MR) is 76.4 cm³/mol. The van der Waals surface area contributed by atoms with E-state index in [0.717, 1.165) is 11.1 Å². The number of halogens is 1. The van der Waals surface area contributed by atoms with E-state index in [0.29, 0.717) is 5.56 Å². The van der Waals surface area contributed by atoms with Gasteiger partial charge in [-0.1, -0.05) is 24.3 Å². The Morgan fingerprint density at radius 1 is 1.14 bits per heavy atom. The number of carbonyl (C=O) groups is 1. The van der Waals surface area contributed by atoms with E-state index in [1.54, 1.807) is 12.3 Å². The zero-order chi connectivity index (χ0) is 14.8. The second-order valence-corrected chi connectivity index (χ2v) is 4.70. The van der Waals surface area contributed by atoms with E-state index in [-0.39, 0.29) is 5.91 Å². The van der Waals surface area contributed by atoms with Gasteiger partial charge in [-0.25, -0.2) is 4.39 Å². The second-order valence-electron chi connectivity index (χ2n) is 4.70. The van der Waals surface area contributed by atoms with Crippen LogP contribution in [0.2, 0.25) is 0 Å². The van der Waals surface area contributed by atoms with Crippen LogP contribution >= 0.6 is 0 Å². The molecule has 0 aromatic heterocycles. The van der Waals surface area contributed by atoms with Crippen molar-refractivity contribution in [3.63, 3.8) is 0 Å². The highest BCUT2D eigenvalue weighted by molar-refractivity contribution is 5.96. The molecule has 1 atom stereocenters. The van der Waals surface area contributed by atoms with E-state index in [9.17, 15) is 14.4 Å². The summed E-state index contributed by atoms with van der Waals surface area (Å²) in [7, 11) is 0. The van der Waals surface area contributed by atoms with Crippen molar-refractivity contribution in [1.29, 1.82) is 5.26 Å². The molecule has 3 rings (SSSR count). The molecule has 0 unspecified atom stereocenters. The van der Waals surface area contributed by atoms with E-state index in [4.69, 9.17) is 0 Å². The second kappa shape index (κ2) is 5.22. The highest BCUT2D eigenvalue weighted by Crippen LogP contribution is 2.30. The number of rotatable bonds is 1. The van der Waals surface area contributed by atoms with E-state index in [2.05, 4.69) is 6.07 Å². The molecule has 0 saturated carbocycles. The molecule has 1 amide bonds. The molecule has 1 aliphatic rings. The van der Waals surface area contributed by atoms with Gasteiger partial charge in [0.2, 0.25) is 0 Å². The molecule has 0 aliphatic carbocycles. The fourth-order valence-corrected chi connectivity index (χ4v) is 2.37. The average molecular weight is 278 g/mol. The standard InChI is InChI=1S/C17H11FN2O/c18-14-7-5-13(6-8-14)17(21)20-10-9-12-3-1-2-4-15(12)16(20)11-19/h1-10,16H/t16-/m1/s1. The SMILES string of the molecule is N#C[C@@H]1c2ccccc2C=CN1C(=O)c1ccc(F)cc1. The zero-order valence-corrected chi connectivity index (χ0v) is 11.0. The number of amides is 1. The predicted octanol–water partition coefficient (Wildman–Crippen LogP) is 3.52. The minimum Gasteiger partial charge on any atom is -0.294 e. The Balaban J connectivity index is 1.98. The molecule has 0 N–H and O–H groups in total. The molecule has 1 heterocycles. The molecular weight excluding hydrogens is 267 g/mol. The summed E-state index contributed by atoms with van der Waals surface area (Å²) in [6.45, 7) is 0. The van der Waals surface area contributed by atoms with Gasteiger partial charge in [-0.15, -0.1) is 0 Å². The molecule has 1 aliphatic heterocycles. The largest absolute Gasteiger partial charge is 0.294 e. The minimum absolute atomic E-state index is 0.327. The van der Waals surface area contributed by atoms with Crippen molar-refractivity contribution in [3.8, 4) is 6.07 Å². The van der Waals surface area contributed by atoms with Crippen LogP contribution in [0.15, 0.2) is 54.7 Å². The van der Waals surface area contributed by atoms with Crippen molar-refractivity contribution >= 4 is 12.0 Å². The van der Waals surface area contributed by atoms with Gasteiger partial charge >= 0.3 is 0 Å². The lowest BCUT2D eigenvalue weighted by molar-refractivity contribution is 0.0794. The van der Waals surface area contributed by atoms with Gasteiger partial charge in [0, 0.05) is 11.8 Å². The van der Waals surface area contributed by atoms with Crippen LogP contribution < -0.4 is 0 Å². The van der Waals surface area contributed by atoms with Crippen molar-refractivity contribution in [2.24, 2.45) is 0 Å². The molecule has 0 spiro atoms. The first kappa shape index (κ1) is 13.1. The smallest absolute Gasteiger partial charge is 0.259 e. The van der Waals surface area contributed by atoms with Gasteiger partial charge < -0.3 is 0 Å². The van der Waals surface area contributed by atoms with Crippen LogP contribution in [-0.4, -0.2) is 10.8 Å². The summed E-state index contributed by atoms with van der Waals surface area (Å²) in [5, 5.41) is 9.41. The van der Waals surface area contributed by atoms with Crippen LogP contribution in [0.25, 0.3) is 6.08 Å². The fourth-order valence-electron chi connectivity index (χ4n) is 2.37. The van der Waals surface area contributed by atoms with Crippen LogP contribution in [-0.2, 0) is 0 Å². The third-order valence-corrected chi connectivity index (χ3v) is 3.43. The molecule has 0 saturated heterocycles. The number of fused-ring (bicyclic) bond motifs is 1. The lowest BCUT2D eigenvalue weighted by Gasteiger charge is -2.28. The van der Waals surface area contributed by atoms with Crippen LogP contribution in [0, 0.1) is 17.1 Å². The Hall–Kier alpha value is -2.93. The Morgan fingerprint density at radius 2 is 1.86 bits per heavy atom. The van der Waals surface area contributed by atoms with E-state index < -0.39 is 11.9 Å². The molecule has 0 radical (unpaired) electrons. The summed E-state index contributed by atoms with van der Waals surface area (Å²) in [6.07, 6.45) is 3.40. The Kier molecular flexibility index (Phi) is 3.25. The third kappa shape index (κ3) is 2.30. The molecule has 0 fully saturated rings. The maximum atomic E-state index is 12.9. The first-order valence-electron chi connectivity index (χ1n) is 6.45. The molecule has 21 heavy (non-hydrogen) atoms. The van der Waals surface area contributed by atoms with Gasteiger partial charge in [-0.2, -0.15) is 5.26 Å². The van der Waals surface area contributed by atoms with Gasteiger partial charge in [-0.05, 0) is 41.5 Å². The van der Waals surface area contributed by atoms with Crippen LogP contribution in [0.1, 0.15) is 27.5 Å². The normalized spacial score (nSPS) is 16.2. The summed E-state index contributed by atoms with van der Waals surface area (Å²) in [5.74, 6) is -0.727. The summed E-state index contributed by atoms with van der Waals surface area (Å²) in [6, 6.07) is 14.2. The minimum atomic E-state index is -0.677. The first-order valence-corrected chi connectivity index (χ1v) is 6.45. The molecule has 0 bridgehead atoms. The fraction of sp³-hybridized carbons (Fsp3) is 0.0588. The van der Waals surface area contributed by atoms with Crippen molar-refractivity contribution in [1.82, 2.24) is 4.90 Å². The van der Waals surface area contributed by atoms with Crippen LogP contribution in [0.4, 0.5) is 4.39 Å². The van der Waals surface area contributed by atoms with Crippen LogP contribution in [0.3, 0.4) is 0 Å². The molecule has 2 aromatic carbocycles. The van der Waals surface area contributed by atoms with Gasteiger partial charge in [0.05, 0.1) is 6.07 Å². The number of hydrogen-bond acceptors (Lipinski definition) is 2.